The summed E-state index contributed by atoms with van der Waals surface area (Å²) in [7, 11) is 0. The molecule has 0 aromatic carbocycles. The fourth-order valence-corrected chi connectivity index (χ4v) is 0.191. The third kappa shape index (κ3) is 8.19. The number of alkyl halides is 3. The molecule has 0 saturated heterocycles. The molecule has 0 amide bonds. The second-order valence-electron chi connectivity index (χ2n) is 1.24. The van der Waals surface area contributed by atoms with Crippen LogP contribution in [0.1, 0.15) is 7.85 Å². The standard InChI is InChI=1S/C3H2F4O2.Na.H/c4-3(5,6)1-2(8)9-7;;/h1H2;;/q;+1;-1. The molecule has 0 aromatic rings. The Bertz CT molecular complexity index is 116. The monoisotopic (exact) mass is 170 g/mol. The van der Waals surface area contributed by atoms with E-state index in [1.54, 1.807) is 0 Å². The average Bonchev–Trinajstić information content (AvgIpc) is 1.62. The van der Waals surface area contributed by atoms with E-state index in [1.807, 2.05) is 0 Å². The maximum atomic E-state index is 11.0. The van der Waals surface area contributed by atoms with Crippen LogP contribution in [-0.2, 0) is 9.74 Å². The van der Waals surface area contributed by atoms with Crippen LogP contribution in [0.3, 0.4) is 0 Å². The van der Waals surface area contributed by atoms with E-state index in [0.717, 1.165) is 0 Å². The van der Waals surface area contributed by atoms with Gasteiger partial charge in [0.05, 0.1) is 0 Å². The summed E-state index contributed by atoms with van der Waals surface area (Å²) >= 11 is 0. The van der Waals surface area contributed by atoms with Gasteiger partial charge < -0.3 is 1.43 Å². The van der Waals surface area contributed by atoms with Gasteiger partial charge in [0.1, 0.15) is 6.42 Å². The Hall–Kier alpha value is 0.190. The normalized spacial score (nSPS) is 10.0. The summed E-state index contributed by atoms with van der Waals surface area (Å²) in [5, 5.41) is 0. The van der Waals surface area contributed by atoms with Crippen LogP contribution in [0.25, 0.3) is 0 Å². The minimum atomic E-state index is -4.69. The van der Waals surface area contributed by atoms with Crippen molar-refractivity contribution < 1.29 is 58.4 Å². The zero-order valence-corrected chi connectivity index (χ0v) is 7.04. The SMILES string of the molecule is O=C(CC(F)(F)F)OF.[H-].[Na+]. The predicted octanol–water partition coefficient (Wildman–Crippen LogP) is -1.52. The molecule has 7 heteroatoms. The molecule has 2 nitrogen and oxygen atoms in total. The Kier molecular flexibility index (Phi) is 6.32. The molecule has 0 rings (SSSR count). The zero-order chi connectivity index (χ0) is 7.49. The minimum Gasteiger partial charge on any atom is -1.00 e. The molecule has 0 atom stereocenters. The first-order valence-electron chi connectivity index (χ1n) is 1.84. The van der Waals surface area contributed by atoms with E-state index in [0.29, 0.717) is 0 Å². The summed E-state index contributed by atoms with van der Waals surface area (Å²) < 4.78 is 43.6. The van der Waals surface area contributed by atoms with Gasteiger partial charge in [0.25, 0.3) is 0 Å². The number of hydrogen-bond donors (Lipinski definition) is 0. The van der Waals surface area contributed by atoms with Crippen molar-refractivity contribution in [3.05, 3.63) is 0 Å². The van der Waals surface area contributed by atoms with E-state index in [-0.39, 0.29) is 31.0 Å². The van der Waals surface area contributed by atoms with Crippen molar-refractivity contribution in [1.29, 1.82) is 0 Å². The number of halogens is 4. The Morgan fingerprint density at radius 3 is 2.00 bits per heavy atom. The van der Waals surface area contributed by atoms with E-state index >= 15 is 0 Å². The Labute approximate surface area is 77.2 Å². The topological polar surface area (TPSA) is 26.3 Å². The van der Waals surface area contributed by atoms with Crippen molar-refractivity contribution >= 4 is 5.97 Å². The molecule has 0 aliphatic heterocycles. The van der Waals surface area contributed by atoms with Gasteiger partial charge in [0.15, 0.2) is 0 Å². The molecule has 10 heavy (non-hydrogen) atoms. The van der Waals surface area contributed by atoms with Crippen LogP contribution in [0.4, 0.5) is 17.7 Å². The number of carbonyl (C=O) groups excluding carboxylic acids is 1. The van der Waals surface area contributed by atoms with Gasteiger partial charge >= 0.3 is 41.7 Å². The van der Waals surface area contributed by atoms with Gasteiger partial charge in [-0.1, -0.05) is 0 Å². The fourth-order valence-electron chi connectivity index (χ4n) is 0.191. The second-order valence-corrected chi connectivity index (χ2v) is 1.24. The summed E-state index contributed by atoms with van der Waals surface area (Å²) in [5.41, 5.74) is 0. The van der Waals surface area contributed by atoms with Crippen LogP contribution in [0.15, 0.2) is 0 Å². The van der Waals surface area contributed by atoms with Gasteiger partial charge in [-0.05, 0) is 0 Å². The summed E-state index contributed by atoms with van der Waals surface area (Å²) in [6.07, 6.45) is -6.58. The zero-order valence-electron chi connectivity index (χ0n) is 6.04. The Morgan fingerprint density at radius 1 is 1.50 bits per heavy atom. The van der Waals surface area contributed by atoms with Crippen molar-refractivity contribution in [3.8, 4) is 0 Å². The molecular weight excluding hydrogens is 167 g/mol. The van der Waals surface area contributed by atoms with Gasteiger partial charge in [-0.25, -0.2) is 4.79 Å². The van der Waals surface area contributed by atoms with E-state index in [9.17, 15) is 22.5 Å². The molecule has 0 aliphatic rings. The molecule has 0 aliphatic carbocycles. The second kappa shape index (κ2) is 4.92. The molecule has 0 spiro atoms. The quantitative estimate of drug-likeness (QED) is 0.353. The van der Waals surface area contributed by atoms with E-state index in [4.69, 9.17) is 0 Å². The van der Waals surface area contributed by atoms with Crippen molar-refractivity contribution in [2.45, 2.75) is 12.6 Å². The largest absolute Gasteiger partial charge is 1.00 e. The molecule has 0 fully saturated rings. The number of carbonyl (C=O) groups is 1. The predicted molar refractivity (Wildman–Crippen MR) is 19.0 cm³/mol. The Balaban J connectivity index is -0.000000320. The third-order valence-corrected chi connectivity index (χ3v) is 0.431. The van der Waals surface area contributed by atoms with Crippen molar-refractivity contribution in [1.82, 2.24) is 0 Å². The molecule has 0 saturated carbocycles. The molecule has 56 valence electrons. The molecular formula is C3H3F4NaO2. The van der Waals surface area contributed by atoms with Gasteiger partial charge in [-0.15, -0.1) is 0 Å². The van der Waals surface area contributed by atoms with Crippen LogP contribution >= 0.6 is 0 Å². The smallest absolute Gasteiger partial charge is 1.00 e. The van der Waals surface area contributed by atoms with Crippen molar-refractivity contribution in [3.63, 3.8) is 0 Å². The molecule has 0 bridgehead atoms. The van der Waals surface area contributed by atoms with Crippen LogP contribution in [0.2, 0.25) is 0 Å². The summed E-state index contributed by atoms with van der Waals surface area (Å²) in [5.74, 6) is -1.93. The van der Waals surface area contributed by atoms with Gasteiger partial charge in [0.2, 0.25) is 0 Å². The fraction of sp³-hybridized carbons (Fsp3) is 0.667. The van der Waals surface area contributed by atoms with Crippen LogP contribution in [0, 0.1) is 0 Å². The maximum absolute atomic E-state index is 11.0. The molecule has 0 radical (unpaired) electrons. The molecule has 0 unspecified atom stereocenters. The van der Waals surface area contributed by atoms with E-state index in [1.165, 1.54) is 0 Å². The van der Waals surface area contributed by atoms with Crippen LogP contribution in [0.5, 0.6) is 0 Å². The summed E-state index contributed by atoms with van der Waals surface area (Å²) in [6.45, 7) is 0. The van der Waals surface area contributed by atoms with E-state index < -0.39 is 18.6 Å². The third-order valence-electron chi connectivity index (χ3n) is 0.431. The van der Waals surface area contributed by atoms with Gasteiger partial charge in [-0.2, -0.15) is 13.2 Å². The number of hydrogen-bond acceptors (Lipinski definition) is 2. The first kappa shape index (κ1) is 12.8. The molecule has 0 heterocycles. The minimum absolute atomic E-state index is 0. The number of rotatable bonds is 1. The van der Waals surface area contributed by atoms with Crippen molar-refractivity contribution in [2.24, 2.45) is 0 Å². The van der Waals surface area contributed by atoms with Crippen LogP contribution in [-0.4, -0.2) is 12.1 Å². The average molecular weight is 170 g/mol. The van der Waals surface area contributed by atoms with Gasteiger partial charge in [0, 0.05) is 4.53 Å². The van der Waals surface area contributed by atoms with Crippen molar-refractivity contribution in [2.75, 3.05) is 0 Å². The molecule has 0 aromatic heterocycles. The van der Waals surface area contributed by atoms with Gasteiger partial charge in [-0.3, -0.25) is 4.94 Å². The summed E-state index contributed by atoms with van der Waals surface area (Å²) in [4.78, 5) is 11.8. The first-order valence-corrected chi connectivity index (χ1v) is 1.84. The van der Waals surface area contributed by atoms with E-state index in [2.05, 4.69) is 4.94 Å². The maximum Gasteiger partial charge on any atom is 1.00 e. The molecule has 0 N–H and O–H groups in total. The van der Waals surface area contributed by atoms with Crippen LogP contribution < -0.4 is 29.6 Å². The summed E-state index contributed by atoms with van der Waals surface area (Å²) in [6, 6.07) is 0. The Morgan fingerprint density at radius 2 is 1.90 bits per heavy atom. The first-order chi connectivity index (χ1) is 3.95.